The topological polar surface area (TPSA) is 95.3 Å². The van der Waals surface area contributed by atoms with Crippen molar-refractivity contribution in [2.75, 3.05) is 6.61 Å². The number of aryl methyl sites for hydroxylation is 3. The summed E-state index contributed by atoms with van der Waals surface area (Å²) in [5, 5.41) is 11.3. The van der Waals surface area contributed by atoms with Crippen LogP contribution in [0.4, 0.5) is 0 Å². The van der Waals surface area contributed by atoms with Crippen LogP contribution in [-0.2, 0) is 19.9 Å². The molecule has 0 fully saturated rings. The molecule has 172 valence electrons. The van der Waals surface area contributed by atoms with Crippen LogP contribution in [0.25, 0.3) is 10.9 Å². The molecule has 0 radical (unpaired) electrons. The number of amides is 1. The van der Waals surface area contributed by atoms with Crippen LogP contribution in [0, 0.1) is 0 Å². The van der Waals surface area contributed by atoms with E-state index in [1.54, 1.807) is 17.7 Å². The van der Waals surface area contributed by atoms with E-state index in [0.29, 0.717) is 13.0 Å². The quantitative estimate of drug-likeness (QED) is 0.389. The number of nitrogens with two attached hydrogens (primary N) is 1. The molecule has 3 N–H and O–H groups in total. The fourth-order valence-corrected chi connectivity index (χ4v) is 4.21. The van der Waals surface area contributed by atoms with E-state index < -0.39 is 12.0 Å². The van der Waals surface area contributed by atoms with E-state index >= 15 is 0 Å². The lowest BCUT2D eigenvalue weighted by Crippen LogP contribution is -2.23. The van der Waals surface area contributed by atoms with Crippen molar-refractivity contribution in [1.82, 2.24) is 14.1 Å². The van der Waals surface area contributed by atoms with Crippen LogP contribution in [0.3, 0.4) is 0 Å². The van der Waals surface area contributed by atoms with Gasteiger partial charge >= 0.3 is 0 Å². The molecule has 0 saturated carbocycles. The van der Waals surface area contributed by atoms with Crippen LogP contribution in [-0.4, -0.2) is 37.8 Å². The summed E-state index contributed by atoms with van der Waals surface area (Å²) in [5.74, 6) is 0.198. The Morgan fingerprint density at radius 3 is 2.64 bits per heavy atom. The molecule has 7 heteroatoms. The Labute approximate surface area is 193 Å². The van der Waals surface area contributed by atoms with E-state index in [4.69, 9.17) is 10.5 Å². The number of hydrogen-bond acceptors (Lipinski definition) is 4. The van der Waals surface area contributed by atoms with E-state index in [9.17, 15) is 9.90 Å². The van der Waals surface area contributed by atoms with E-state index in [2.05, 4.69) is 59.1 Å². The molecule has 0 aliphatic heterocycles. The highest BCUT2D eigenvalue weighted by atomic mass is 16.5. The number of nitrogens with zero attached hydrogens (tertiary/aromatic N) is 3. The maximum Gasteiger partial charge on any atom is 0.268 e. The smallest absolute Gasteiger partial charge is 0.268 e. The lowest BCUT2D eigenvalue weighted by atomic mass is 10.1. The van der Waals surface area contributed by atoms with E-state index in [-0.39, 0.29) is 11.7 Å². The third-order valence-electron chi connectivity index (χ3n) is 6.10. The molecule has 2 atom stereocenters. The van der Waals surface area contributed by atoms with E-state index in [1.165, 1.54) is 23.1 Å². The number of primary amides is 1. The molecular formula is C26H30N4O3. The van der Waals surface area contributed by atoms with Gasteiger partial charge in [-0.1, -0.05) is 30.3 Å². The molecule has 0 saturated heterocycles. The van der Waals surface area contributed by atoms with Crippen LogP contribution >= 0.6 is 0 Å². The number of imidazole rings is 1. The third kappa shape index (κ3) is 5.26. The zero-order valence-electron chi connectivity index (χ0n) is 19.0. The van der Waals surface area contributed by atoms with Gasteiger partial charge in [0.1, 0.15) is 11.4 Å². The van der Waals surface area contributed by atoms with Gasteiger partial charge in [0.25, 0.3) is 5.91 Å². The van der Waals surface area contributed by atoms with Crippen molar-refractivity contribution >= 4 is 16.8 Å². The Bertz CT molecular complexity index is 1230. The normalized spacial score (nSPS) is 13.2. The van der Waals surface area contributed by atoms with Gasteiger partial charge in [-0.3, -0.25) is 4.79 Å². The van der Waals surface area contributed by atoms with Gasteiger partial charge in [0, 0.05) is 36.3 Å². The highest BCUT2D eigenvalue weighted by Gasteiger charge is 2.19. The van der Waals surface area contributed by atoms with Crippen LogP contribution < -0.4 is 10.5 Å². The van der Waals surface area contributed by atoms with Gasteiger partial charge in [-0.15, -0.1) is 0 Å². The minimum Gasteiger partial charge on any atom is -0.493 e. The van der Waals surface area contributed by atoms with Crippen LogP contribution in [0.15, 0.2) is 67.1 Å². The highest BCUT2D eigenvalue weighted by molar-refractivity contribution is 5.90. The number of fused-ring (bicyclic) bond motifs is 1. The van der Waals surface area contributed by atoms with Crippen LogP contribution in [0.2, 0.25) is 0 Å². The fourth-order valence-electron chi connectivity index (χ4n) is 4.21. The van der Waals surface area contributed by atoms with Crippen molar-refractivity contribution in [3.63, 3.8) is 0 Å². The van der Waals surface area contributed by atoms with Gasteiger partial charge in [0.15, 0.2) is 0 Å². The molecule has 1 amide bonds. The third-order valence-corrected chi connectivity index (χ3v) is 6.10. The number of hydrogen-bond donors (Lipinski definition) is 2. The summed E-state index contributed by atoms with van der Waals surface area (Å²) in [6, 6.07) is 18.6. The molecule has 0 bridgehead atoms. The van der Waals surface area contributed by atoms with E-state index in [1.807, 2.05) is 12.1 Å². The molecule has 0 spiro atoms. The standard InChI is InChI=1S/C26H30N4O3/c1-18(31)24(30-16-23(26(27)32)28-17-30)12-13-33-22-10-11-25-20(15-22)14-21(29(25)2)9-8-19-6-4-3-5-7-19/h3-7,10-11,14-18,24,31H,8-9,12-13H2,1-2H3,(H2,27,32)/t18-,24+/m0/s1. The molecule has 4 rings (SSSR count). The summed E-state index contributed by atoms with van der Waals surface area (Å²) in [6.45, 7) is 2.13. The first kappa shape index (κ1) is 22.6. The van der Waals surface area contributed by atoms with Crippen molar-refractivity contribution in [3.8, 4) is 5.75 Å². The predicted octanol–water partition coefficient (Wildman–Crippen LogP) is 3.65. The van der Waals surface area contributed by atoms with Gasteiger partial charge in [-0.2, -0.15) is 0 Å². The summed E-state index contributed by atoms with van der Waals surface area (Å²) >= 11 is 0. The first-order chi connectivity index (χ1) is 15.9. The van der Waals surface area contributed by atoms with Gasteiger partial charge in [0.2, 0.25) is 0 Å². The minimum atomic E-state index is -0.632. The molecule has 2 heterocycles. The Morgan fingerprint density at radius 1 is 1.15 bits per heavy atom. The van der Waals surface area contributed by atoms with Gasteiger partial charge in [-0.25, -0.2) is 4.98 Å². The maximum atomic E-state index is 11.3. The molecule has 2 aromatic carbocycles. The van der Waals surface area contributed by atoms with Gasteiger partial charge in [0.05, 0.1) is 25.1 Å². The van der Waals surface area contributed by atoms with E-state index in [0.717, 1.165) is 24.0 Å². The zero-order valence-corrected chi connectivity index (χ0v) is 19.0. The van der Waals surface area contributed by atoms with Crippen LogP contribution in [0.5, 0.6) is 5.75 Å². The number of aromatic nitrogens is 3. The second-order valence-electron chi connectivity index (χ2n) is 8.42. The van der Waals surface area contributed by atoms with Crippen LogP contribution in [0.1, 0.15) is 41.1 Å². The zero-order chi connectivity index (χ0) is 23.4. The first-order valence-corrected chi connectivity index (χ1v) is 11.2. The number of ether oxygens (including phenoxy) is 1. The molecule has 2 aromatic heterocycles. The fraction of sp³-hybridized carbons (Fsp3) is 0.308. The lowest BCUT2D eigenvalue weighted by molar-refractivity contribution is 0.0993. The molecule has 33 heavy (non-hydrogen) atoms. The average Bonchev–Trinajstić information content (AvgIpc) is 3.41. The molecule has 0 aliphatic carbocycles. The molecule has 4 aromatic rings. The van der Waals surface area contributed by atoms with Gasteiger partial charge < -0.3 is 24.7 Å². The number of aliphatic hydroxyl groups excluding tert-OH is 1. The number of benzene rings is 2. The average molecular weight is 447 g/mol. The van der Waals surface area contributed by atoms with Crippen molar-refractivity contribution < 1.29 is 14.6 Å². The SMILES string of the molecule is C[C@H](O)[C@@H](CCOc1ccc2c(c1)cc(CCc1ccccc1)n2C)n1cnc(C(N)=O)c1. The summed E-state index contributed by atoms with van der Waals surface area (Å²) in [4.78, 5) is 15.3. The Hall–Kier alpha value is -3.58. The first-order valence-electron chi connectivity index (χ1n) is 11.2. The molecule has 0 aliphatic rings. The Balaban J connectivity index is 1.40. The molecular weight excluding hydrogens is 416 g/mol. The molecule has 0 unspecified atom stereocenters. The highest BCUT2D eigenvalue weighted by Crippen LogP contribution is 2.26. The number of rotatable bonds is 10. The number of aliphatic hydroxyl groups is 1. The monoisotopic (exact) mass is 446 g/mol. The second kappa shape index (κ2) is 9.92. The van der Waals surface area contributed by atoms with Crippen molar-refractivity contribution in [2.24, 2.45) is 12.8 Å². The Morgan fingerprint density at radius 2 is 1.94 bits per heavy atom. The Kier molecular flexibility index (Phi) is 6.79. The summed E-state index contributed by atoms with van der Waals surface area (Å²) in [5.41, 5.74) is 9.25. The number of carbonyl (C=O) groups excluding carboxylic acids is 1. The maximum absolute atomic E-state index is 11.3. The largest absolute Gasteiger partial charge is 0.493 e. The molecule has 7 nitrogen and oxygen atoms in total. The number of carbonyl (C=O) groups is 1. The van der Waals surface area contributed by atoms with Crippen molar-refractivity contribution in [2.45, 2.75) is 38.3 Å². The summed E-state index contributed by atoms with van der Waals surface area (Å²) < 4.78 is 9.96. The second-order valence-corrected chi connectivity index (χ2v) is 8.42. The predicted molar refractivity (Wildman–Crippen MR) is 128 cm³/mol. The summed E-state index contributed by atoms with van der Waals surface area (Å²) in [7, 11) is 2.10. The van der Waals surface area contributed by atoms with Gasteiger partial charge in [-0.05, 0) is 49.6 Å². The summed E-state index contributed by atoms with van der Waals surface area (Å²) in [6.07, 6.45) is 4.98. The lowest BCUT2D eigenvalue weighted by Gasteiger charge is -2.21. The van der Waals surface area contributed by atoms with Crippen molar-refractivity contribution in [3.05, 3.63) is 84.1 Å². The van der Waals surface area contributed by atoms with Crippen molar-refractivity contribution in [1.29, 1.82) is 0 Å². The minimum absolute atomic E-state index is 0.180.